The Morgan fingerprint density at radius 2 is 2.17 bits per heavy atom. The molecule has 0 aromatic heterocycles. The Hall–Kier alpha value is -0.410. The molecule has 1 aromatic carbocycles. The molecule has 0 radical (unpaired) electrons. The lowest BCUT2D eigenvalue weighted by atomic mass is 9.73. The van der Waals surface area contributed by atoms with Crippen molar-refractivity contribution in [3.05, 3.63) is 34.1 Å². The first kappa shape index (κ1) is 14.0. The van der Waals surface area contributed by atoms with Gasteiger partial charge in [0.25, 0.3) is 0 Å². The highest BCUT2D eigenvalue weighted by molar-refractivity contribution is 9.10. The highest BCUT2D eigenvalue weighted by Gasteiger charge is 2.31. The van der Waals surface area contributed by atoms with Gasteiger partial charge in [0.05, 0.1) is 4.47 Å². The molecule has 100 valence electrons. The molecule has 0 spiro atoms. The van der Waals surface area contributed by atoms with Gasteiger partial charge in [-0.05, 0) is 51.9 Å². The van der Waals surface area contributed by atoms with Gasteiger partial charge in [-0.25, -0.2) is 4.39 Å². The van der Waals surface area contributed by atoms with Gasteiger partial charge in [0.1, 0.15) is 5.82 Å². The minimum atomic E-state index is -0.197. The largest absolute Gasteiger partial charge is 0.309 e. The first-order valence-corrected chi connectivity index (χ1v) is 7.46. The molecule has 1 atom stereocenters. The Morgan fingerprint density at radius 3 is 2.83 bits per heavy atom. The molecule has 0 saturated heterocycles. The average molecular weight is 314 g/mol. The molecule has 1 N–H and O–H groups in total. The molecule has 1 aliphatic carbocycles. The molecule has 1 fully saturated rings. The van der Waals surface area contributed by atoms with E-state index in [-0.39, 0.29) is 5.82 Å². The molecule has 2 rings (SSSR count). The number of nitrogens with one attached hydrogen (secondary N) is 1. The van der Waals surface area contributed by atoms with Gasteiger partial charge in [0, 0.05) is 12.6 Å². The Bertz CT molecular complexity index is 417. The van der Waals surface area contributed by atoms with Crippen molar-refractivity contribution in [3.8, 4) is 0 Å². The Labute approximate surface area is 117 Å². The SMILES string of the molecule is CC1(C)CCCCC1NCc1ccc(F)c(Br)c1. The van der Waals surface area contributed by atoms with E-state index >= 15 is 0 Å². The third kappa shape index (κ3) is 3.33. The fourth-order valence-electron chi connectivity index (χ4n) is 2.76. The van der Waals surface area contributed by atoms with E-state index in [4.69, 9.17) is 0 Å². The monoisotopic (exact) mass is 313 g/mol. The van der Waals surface area contributed by atoms with Crippen LogP contribution in [0.2, 0.25) is 0 Å². The van der Waals surface area contributed by atoms with Crippen LogP contribution in [0.15, 0.2) is 22.7 Å². The summed E-state index contributed by atoms with van der Waals surface area (Å²) < 4.78 is 13.7. The summed E-state index contributed by atoms with van der Waals surface area (Å²) in [7, 11) is 0. The molecule has 3 heteroatoms. The summed E-state index contributed by atoms with van der Waals surface area (Å²) in [4.78, 5) is 0. The molecule has 0 aliphatic heterocycles. The second-order valence-corrected chi connectivity index (χ2v) is 6.77. The van der Waals surface area contributed by atoms with Crippen LogP contribution in [0, 0.1) is 11.2 Å². The van der Waals surface area contributed by atoms with Gasteiger partial charge in [0.15, 0.2) is 0 Å². The summed E-state index contributed by atoms with van der Waals surface area (Å²) in [5.74, 6) is -0.197. The van der Waals surface area contributed by atoms with Crippen molar-refractivity contribution in [1.29, 1.82) is 0 Å². The van der Waals surface area contributed by atoms with E-state index in [9.17, 15) is 4.39 Å². The van der Waals surface area contributed by atoms with Crippen LogP contribution >= 0.6 is 15.9 Å². The van der Waals surface area contributed by atoms with Crippen molar-refractivity contribution in [2.45, 2.75) is 52.1 Å². The first-order chi connectivity index (χ1) is 8.49. The van der Waals surface area contributed by atoms with Crippen molar-refractivity contribution < 1.29 is 4.39 Å². The maximum atomic E-state index is 13.1. The Morgan fingerprint density at radius 1 is 1.39 bits per heavy atom. The highest BCUT2D eigenvalue weighted by Crippen LogP contribution is 2.35. The zero-order valence-electron chi connectivity index (χ0n) is 11.1. The van der Waals surface area contributed by atoms with Gasteiger partial charge in [-0.1, -0.05) is 32.8 Å². The third-order valence-electron chi connectivity index (χ3n) is 4.04. The topological polar surface area (TPSA) is 12.0 Å². The number of hydrogen-bond acceptors (Lipinski definition) is 1. The highest BCUT2D eigenvalue weighted by atomic mass is 79.9. The van der Waals surface area contributed by atoms with E-state index in [1.54, 1.807) is 0 Å². The lowest BCUT2D eigenvalue weighted by Crippen LogP contribution is -2.43. The molecule has 1 aliphatic rings. The fraction of sp³-hybridized carbons (Fsp3) is 0.600. The van der Waals surface area contributed by atoms with Crippen molar-refractivity contribution in [2.24, 2.45) is 5.41 Å². The lowest BCUT2D eigenvalue weighted by molar-refractivity contribution is 0.167. The normalized spacial score (nSPS) is 23.0. The fourth-order valence-corrected chi connectivity index (χ4v) is 3.19. The Kier molecular flexibility index (Phi) is 4.44. The third-order valence-corrected chi connectivity index (χ3v) is 4.65. The molecule has 1 nitrogen and oxygen atoms in total. The zero-order chi connectivity index (χ0) is 13.2. The summed E-state index contributed by atoms with van der Waals surface area (Å²) >= 11 is 3.23. The standard InChI is InChI=1S/C15H21BrFN/c1-15(2)8-4-3-5-14(15)18-10-11-6-7-13(17)12(16)9-11/h6-7,9,14,18H,3-5,8,10H2,1-2H3. The quantitative estimate of drug-likeness (QED) is 0.856. The van der Waals surface area contributed by atoms with Crippen molar-refractivity contribution in [2.75, 3.05) is 0 Å². The molecular weight excluding hydrogens is 293 g/mol. The molecule has 1 unspecified atom stereocenters. The average Bonchev–Trinajstić information content (AvgIpc) is 2.31. The molecule has 0 amide bonds. The van der Waals surface area contributed by atoms with Gasteiger partial charge in [0.2, 0.25) is 0 Å². The Balaban J connectivity index is 1.96. The van der Waals surface area contributed by atoms with Crippen LogP contribution < -0.4 is 5.32 Å². The molecule has 1 aromatic rings. The van der Waals surface area contributed by atoms with Gasteiger partial charge in [-0.2, -0.15) is 0 Å². The summed E-state index contributed by atoms with van der Waals surface area (Å²) in [5, 5.41) is 3.63. The van der Waals surface area contributed by atoms with Crippen molar-refractivity contribution in [1.82, 2.24) is 5.32 Å². The van der Waals surface area contributed by atoms with Crippen LogP contribution in [0.1, 0.15) is 45.1 Å². The summed E-state index contributed by atoms with van der Waals surface area (Å²) in [6, 6.07) is 5.80. The number of hydrogen-bond donors (Lipinski definition) is 1. The predicted molar refractivity (Wildman–Crippen MR) is 77.0 cm³/mol. The van der Waals surface area contributed by atoms with E-state index in [1.165, 1.54) is 31.7 Å². The molecule has 18 heavy (non-hydrogen) atoms. The first-order valence-electron chi connectivity index (χ1n) is 6.66. The molecule has 0 heterocycles. The minimum Gasteiger partial charge on any atom is -0.309 e. The van der Waals surface area contributed by atoms with E-state index in [0.29, 0.717) is 15.9 Å². The van der Waals surface area contributed by atoms with Crippen molar-refractivity contribution >= 4 is 15.9 Å². The van der Waals surface area contributed by atoms with Gasteiger partial charge >= 0.3 is 0 Å². The van der Waals surface area contributed by atoms with Crippen LogP contribution in [-0.2, 0) is 6.54 Å². The van der Waals surface area contributed by atoms with E-state index < -0.39 is 0 Å². The number of halogens is 2. The minimum absolute atomic E-state index is 0.197. The van der Waals surface area contributed by atoms with Crippen LogP contribution in [0.3, 0.4) is 0 Å². The van der Waals surface area contributed by atoms with Crippen molar-refractivity contribution in [3.63, 3.8) is 0 Å². The zero-order valence-corrected chi connectivity index (χ0v) is 12.7. The lowest BCUT2D eigenvalue weighted by Gasteiger charge is -2.39. The second-order valence-electron chi connectivity index (χ2n) is 5.92. The smallest absolute Gasteiger partial charge is 0.137 e. The van der Waals surface area contributed by atoms with Crippen LogP contribution in [0.5, 0.6) is 0 Å². The van der Waals surface area contributed by atoms with E-state index in [0.717, 1.165) is 12.1 Å². The maximum absolute atomic E-state index is 13.1. The van der Waals surface area contributed by atoms with Gasteiger partial charge in [-0.3, -0.25) is 0 Å². The van der Waals surface area contributed by atoms with E-state index in [2.05, 4.69) is 35.1 Å². The number of rotatable bonds is 3. The van der Waals surface area contributed by atoms with Crippen LogP contribution in [-0.4, -0.2) is 6.04 Å². The molecular formula is C15H21BrFN. The maximum Gasteiger partial charge on any atom is 0.137 e. The number of benzene rings is 1. The predicted octanol–water partition coefficient (Wildman–Crippen LogP) is 4.65. The summed E-state index contributed by atoms with van der Waals surface area (Å²) in [6.45, 7) is 5.49. The van der Waals surface area contributed by atoms with Crippen LogP contribution in [0.25, 0.3) is 0 Å². The van der Waals surface area contributed by atoms with Crippen LogP contribution in [0.4, 0.5) is 4.39 Å². The second kappa shape index (κ2) is 5.70. The molecule has 1 saturated carbocycles. The van der Waals surface area contributed by atoms with Gasteiger partial charge in [-0.15, -0.1) is 0 Å². The summed E-state index contributed by atoms with van der Waals surface area (Å²) in [6.07, 6.45) is 5.19. The summed E-state index contributed by atoms with van der Waals surface area (Å²) in [5.41, 5.74) is 1.50. The van der Waals surface area contributed by atoms with Gasteiger partial charge < -0.3 is 5.32 Å². The van der Waals surface area contributed by atoms with E-state index in [1.807, 2.05) is 12.1 Å². The molecule has 0 bridgehead atoms.